The Hall–Kier alpha value is -3.48. The first-order valence-corrected chi connectivity index (χ1v) is 6.45. The summed E-state index contributed by atoms with van der Waals surface area (Å²) in [4.78, 5) is 22.5. The van der Waals surface area contributed by atoms with Crippen molar-refractivity contribution in [3.8, 4) is 17.2 Å². The molecule has 23 heavy (non-hydrogen) atoms. The van der Waals surface area contributed by atoms with Gasteiger partial charge in [-0.1, -0.05) is 0 Å². The number of nitrogens with one attached hydrogen (secondary N) is 1. The van der Waals surface area contributed by atoms with Crippen molar-refractivity contribution in [3.05, 3.63) is 53.6 Å². The molecule has 0 aromatic heterocycles. The van der Waals surface area contributed by atoms with E-state index in [1.54, 1.807) is 0 Å². The van der Waals surface area contributed by atoms with Crippen LogP contribution in [-0.2, 0) is 4.79 Å². The second-order valence-corrected chi connectivity index (χ2v) is 4.58. The summed E-state index contributed by atoms with van der Waals surface area (Å²) in [6, 6.07) is 8.10. The van der Waals surface area contributed by atoms with Gasteiger partial charge in [-0.3, -0.25) is 4.79 Å². The van der Waals surface area contributed by atoms with Crippen molar-refractivity contribution in [1.29, 1.82) is 0 Å². The molecular formula is C16H13NO6. The monoisotopic (exact) mass is 315 g/mol. The number of carboxylic acids is 1. The maximum Gasteiger partial charge on any atom is 0.335 e. The topological polar surface area (TPSA) is 127 Å². The molecule has 0 aliphatic heterocycles. The Morgan fingerprint density at radius 1 is 0.913 bits per heavy atom. The molecule has 0 heterocycles. The molecular weight excluding hydrogens is 302 g/mol. The van der Waals surface area contributed by atoms with Gasteiger partial charge >= 0.3 is 5.97 Å². The van der Waals surface area contributed by atoms with Crippen molar-refractivity contribution in [2.75, 3.05) is 5.32 Å². The molecule has 0 saturated carbocycles. The van der Waals surface area contributed by atoms with E-state index in [-0.39, 0.29) is 11.1 Å². The fourth-order valence-corrected chi connectivity index (χ4v) is 1.76. The summed E-state index contributed by atoms with van der Waals surface area (Å²) in [7, 11) is 0. The molecule has 0 saturated heterocycles. The van der Waals surface area contributed by atoms with Crippen molar-refractivity contribution < 1.29 is 30.0 Å². The molecule has 0 fully saturated rings. The predicted octanol–water partition coefficient (Wildman–Crippen LogP) is 2.15. The van der Waals surface area contributed by atoms with Crippen LogP contribution in [0.4, 0.5) is 5.69 Å². The van der Waals surface area contributed by atoms with E-state index in [1.165, 1.54) is 42.5 Å². The minimum atomic E-state index is -1.06. The highest BCUT2D eigenvalue weighted by Gasteiger charge is 2.09. The van der Waals surface area contributed by atoms with Gasteiger partial charge in [-0.2, -0.15) is 0 Å². The highest BCUT2D eigenvalue weighted by molar-refractivity contribution is 6.02. The molecule has 0 unspecified atom stereocenters. The predicted molar refractivity (Wildman–Crippen MR) is 82.5 cm³/mol. The van der Waals surface area contributed by atoms with Gasteiger partial charge in [0.05, 0.1) is 5.56 Å². The largest absolute Gasteiger partial charge is 0.504 e. The van der Waals surface area contributed by atoms with Crippen LogP contribution in [0.2, 0.25) is 0 Å². The Bertz CT molecular complexity index is 780. The van der Waals surface area contributed by atoms with Crippen LogP contribution in [0, 0.1) is 0 Å². The molecule has 2 aromatic carbocycles. The molecule has 5 N–H and O–H groups in total. The Kier molecular flexibility index (Phi) is 4.51. The fraction of sp³-hybridized carbons (Fsp3) is 0. The van der Waals surface area contributed by atoms with Crippen LogP contribution in [0.25, 0.3) is 6.08 Å². The van der Waals surface area contributed by atoms with E-state index >= 15 is 0 Å². The number of hydrogen-bond acceptors (Lipinski definition) is 5. The third-order valence-corrected chi connectivity index (χ3v) is 2.97. The van der Waals surface area contributed by atoms with Crippen LogP contribution in [0.1, 0.15) is 15.9 Å². The number of benzene rings is 2. The maximum absolute atomic E-state index is 11.8. The molecule has 1 amide bonds. The van der Waals surface area contributed by atoms with Crippen molar-refractivity contribution >= 4 is 23.6 Å². The molecule has 0 spiro atoms. The summed E-state index contributed by atoms with van der Waals surface area (Å²) >= 11 is 0. The Labute approximate surface area is 130 Å². The van der Waals surface area contributed by atoms with Gasteiger partial charge in [-0.05, 0) is 42.5 Å². The van der Waals surface area contributed by atoms with Crippen molar-refractivity contribution in [1.82, 2.24) is 0 Å². The van der Waals surface area contributed by atoms with Crippen LogP contribution in [0.15, 0.2) is 42.5 Å². The summed E-state index contributed by atoms with van der Waals surface area (Å²) in [5.41, 5.74) is 0.655. The standard InChI is InChI=1S/C16H13NO6/c18-12-7-3-9(14(20)15(12)21)4-8-13(19)17-11-5-1-10(2-6-11)16(22)23/h1-8,18,20-21H,(H,17,19)(H,22,23)/b8-4+. The third kappa shape index (κ3) is 3.79. The average molecular weight is 315 g/mol. The first-order chi connectivity index (χ1) is 10.9. The van der Waals surface area contributed by atoms with E-state index in [4.69, 9.17) is 5.11 Å². The summed E-state index contributed by atoms with van der Waals surface area (Å²) in [5, 5.41) is 39.5. The van der Waals surface area contributed by atoms with Crippen molar-refractivity contribution in [2.24, 2.45) is 0 Å². The van der Waals surface area contributed by atoms with Gasteiger partial charge in [0.1, 0.15) is 0 Å². The van der Waals surface area contributed by atoms with Gasteiger partial charge in [0, 0.05) is 17.3 Å². The molecule has 7 nitrogen and oxygen atoms in total. The average Bonchev–Trinajstić information content (AvgIpc) is 2.52. The van der Waals surface area contributed by atoms with E-state index in [1.807, 2.05) is 0 Å². The summed E-state index contributed by atoms with van der Waals surface area (Å²) < 4.78 is 0. The molecule has 0 atom stereocenters. The number of rotatable bonds is 4. The van der Waals surface area contributed by atoms with Crippen LogP contribution >= 0.6 is 0 Å². The van der Waals surface area contributed by atoms with Crippen molar-refractivity contribution in [3.63, 3.8) is 0 Å². The second kappa shape index (κ2) is 6.52. The summed E-state index contributed by atoms with van der Waals surface area (Å²) in [6.07, 6.45) is 2.38. The van der Waals surface area contributed by atoms with Gasteiger partial charge in [-0.25, -0.2) is 4.79 Å². The number of anilines is 1. The van der Waals surface area contributed by atoms with Gasteiger partial charge in [0.25, 0.3) is 0 Å². The highest BCUT2D eigenvalue weighted by atomic mass is 16.4. The lowest BCUT2D eigenvalue weighted by Gasteiger charge is -2.04. The number of hydrogen-bond donors (Lipinski definition) is 5. The van der Waals surface area contributed by atoms with Crippen LogP contribution in [0.3, 0.4) is 0 Å². The van der Waals surface area contributed by atoms with Crippen LogP contribution in [-0.4, -0.2) is 32.3 Å². The second-order valence-electron chi connectivity index (χ2n) is 4.58. The van der Waals surface area contributed by atoms with Crippen LogP contribution < -0.4 is 5.32 Å². The smallest absolute Gasteiger partial charge is 0.335 e. The van der Waals surface area contributed by atoms with Gasteiger partial charge < -0.3 is 25.7 Å². The van der Waals surface area contributed by atoms with Crippen molar-refractivity contribution in [2.45, 2.75) is 0 Å². The third-order valence-electron chi connectivity index (χ3n) is 2.97. The number of amides is 1. The van der Waals surface area contributed by atoms with Gasteiger partial charge in [0.2, 0.25) is 11.7 Å². The zero-order chi connectivity index (χ0) is 17.0. The van der Waals surface area contributed by atoms with E-state index in [2.05, 4.69) is 5.32 Å². The molecule has 0 bridgehead atoms. The van der Waals surface area contributed by atoms with E-state index in [9.17, 15) is 24.9 Å². The number of aromatic hydroxyl groups is 3. The molecule has 0 aliphatic carbocycles. The first-order valence-electron chi connectivity index (χ1n) is 6.45. The highest BCUT2D eigenvalue weighted by Crippen LogP contribution is 2.37. The lowest BCUT2D eigenvalue weighted by molar-refractivity contribution is -0.111. The molecule has 118 valence electrons. The Balaban J connectivity index is 2.07. The van der Waals surface area contributed by atoms with Gasteiger partial charge in [0.15, 0.2) is 11.5 Å². The number of aromatic carboxylic acids is 1. The SMILES string of the molecule is O=C(/C=C/c1ccc(O)c(O)c1O)Nc1ccc(C(=O)O)cc1. The number of phenolic OH excluding ortho intramolecular Hbond substituents is 3. The lowest BCUT2D eigenvalue weighted by atomic mass is 10.1. The Morgan fingerprint density at radius 2 is 1.57 bits per heavy atom. The zero-order valence-electron chi connectivity index (χ0n) is 11.7. The van der Waals surface area contributed by atoms with Gasteiger partial charge in [-0.15, -0.1) is 0 Å². The van der Waals surface area contributed by atoms with E-state index in [0.29, 0.717) is 5.69 Å². The normalized spacial score (nSPS) is 10.6. The van der Waals surface area contributed by atoms with E-state index in [0.717, 1.165) is 6.08 Å². The minimum Gasteiger partial charge on any atom is -0.504 e. The minimum absolute atomic E-state index is 0.100. The first kappa shape index (κ1) is 15.9. The molecule has 7 heteroatoms. The quantitative estimate of drug-likeness (QED) is 0.434. The zero-order valence-corrected chi connectivity index (χ0v) is 11.7. The number of carbonyl (C=O) groups is 2. The van der Waals surface area contributed by atoms with E-state index < -0.39 is 29.1 Å². The number of carbonyl (C=O) groups excluding carboxylic acids is 1. The maximum atomic E-state index is 11.8. The molecule has 2 rings (SSSR count). The number of phenols is 3. The lowest BCUT2D eigenvalue weighted by Crippen LogP contribution is -2.08. The fourth-order valence-electron chi connectivity index (χ4n) is 1.76. The Morgan fingerprint density at radius 3 is 2.17 bits per heavy atom. The summed E-state index contributed by atoms with van der Waals surface area (Å²) in [6.45, 7) is 0. The number of carboxylic acid groups (broad SMARTS) is 1. The summed E-state index contributed by atoms with van der Waals surface area (Å²) in [5.74, 6) is -3.26. The molecule has 0 radical (unpaired) electrons. The molecule has 2 aromatic rings. The van der Waals surface area contributed by atoms with Crippen LogP contribution in [0.5, 0.6) is 17.2 Å². The molecule has 0 aliphatic rings.